The third-order valence-electron chi connectivity index (χ3n) is 4.66. The number of hydrogen-bond donors (Lipinski definition) is 1. The number of benzene rings is 1. The summed E-state index contributed by atoms with van der Waals surface area (Å²) in [5.41, 5.74) is 1.96. The molecule has 0 radical (unpaired) electrons. The van der Waals surface area contributed by atoms with E-state index in [1.165, 1.54) is 30.9 Å². The van der Waals surface area contributed by atoms with Crippen LogP contribution in [0.25, 0.3) is 0 Å². The fourth-order valence-electron chi connectivity index (χ4n) is 3.26. The van der Waals surface area contributed by atoms with Gasteiger partial charge >= 0.3 is 6.03 Å². The number of amides is 2. The first-order valence-electron chi connectivity index (χ1n) is 8.47. The van der Waals surface area contributed by atoms with Crippen LogP contribution in [0.4, 0.5) is 14.9 Å². The number of carbonyl (C=O) groups is 1. The highest BCUT2D eigenvalue weighted by Crippen LogP contribution is 2.22. The summed E-state index contributed by atoms with van der Waals surface area (Å²) >= 11 is 0. The number of para-hydroxylation sites is 1. The zero-order valence-electron chi connectivity index (χ0n) is 13.4. The van der Waals surface area contributed by atoms with Crippen LogP contribution in [-0.2, 0) is 0 Å². The number of nitrogens with one attached hydrogen (secondary N) is 1. The molecule has 2 amide bonds. The first-order chi connectivity index (χ1) is 11.2. The lowest BCUT2D eigenvalue weighted by molar-refractivity contribution is 0.198. The fraction of sp³-hybridized carbons (Fsp3) is 0.500. The van der Waals surface area contributed by atoms with Gasteiger partial charge in [0.1, 0.15) is 5.82 Å². The lowest BCUT2D eigenvalue weighted by atomic mass is 9.96. The zero-order valence-corrected chi connectivity index (χ0v) is 13.4. The molecule has 2 aliphatic rings. The molecule has 1 saturated heterocycles. The highest BCUT2D eigenvalue weighted by molar-refractivity contribution is 5.75. The second-order valence-electron chi connectivity index (χ2n) is 6.24. The van der Waals surface area contributed by atoms with Gasteiger partial charge in [-0.2, -0.15) is 0 Å². The number of piperazine rings is 1. The zero-order chi connectivity index (χ0) is 16.1. The molecule has 2 fully saturated rings. The monoisotopic (exact) mass is 317 g/mol. The standard InChI is InChI=1S/C18H24FN3O/c19-16-8-4-5-9-17(16)21-10-12-22(13-11-21)18(23)20-14-15-6-2-1-3-7-15/h4-5,8-9,14H,1-3,6-7,10-13H2,(H,20,23). The van der Waals surface area contributed by atoms with Gasteiger partial charge in [0.2, 0.25) is 0 Å². The van der Waals surface area contributed by atoms with Crippen LogP contribution in [0.15, 0.2) is 36.0 Å². The van der Waals surface area contributed by atoms with Crippen molar-refractivity contribution in [3.8, 4) is 0 Å². The topological polar surface area (TPSA) is 35.6 Å². The number of halogens is 1. The Morgan fingerprint density at radius 2 is 1.74 bits per heavy atom. The van der Waals surface area contributed by atoms with E-state index >= 15 is 0 Å². The number of carbonyl (C=O) groups excluding carboxylic acids is 1. The third-order valence-corrected chi connectivity index (χ3v) is 4.66. The fourth-order valence-corrected chi connectivity index (χ4v) is 3.26. The molecular weight excluding hydrogens is 293 g/mol. The summed E-state index contributed by atoms with van der Waals surface area (Å²) in [6.07, 6.45) is 7.84. The lowest BCUT2D eigenvalue weighted by Crippen LogP contribution is -2.51. The number of nitrogens with zero attached hydrogens (tertiary/aromatic N) is 2. The summed E-state index contributed by atoms with van der Waals surface area (Å²) in [4.78, 5) is 16.0. The maximum atomic E-state index is 13.8. The Morgan fingerprint density at radius 1 is 1.04 bits per heavy atom. The van der Waals surface area contributed by atoms with Gasteiger partial charge in [-0.1, -0.05) is 24.1 Å². The molecule has 1 aliphatic carbocycles. The lowest BCUT2D eigenvalue weighted by Gasteiger charge is -2.36. The number of anilines is 1. The molecule has 0 aromatic heterocycles. The smallest absolute Gasteiger partial charge is 0.321 e. The summed E-state index contributed by atoms with van der Waals surface area (Å²) in [7, 11) is 0. The number of urea groups is 1. The number of rotatable bonds is 2. The highest BCUT2D eigenvalue weighted by Gasteiger charge is 2.22. The van der Waals surface area contributed by atoms with E-state index in [0.717, 1.165) is 12.8 Å². The van der Waals surface area contributed by atoms with E-state index < -0.39 is 0 Å². The molecule has 5 heteroatoms. The third kappa shape index (κ3) is 4.03. The van der Waals surface area contributed by atoms with Crippen molar-refractivity contribution < 1.29 is 9.18 Å². The molecule has 1 aromatic carbocycles. The molecule has 1 aliphatic heterocycles. The van der Waals surface area contributed by atoms with Crippen LogP contribution in [0.3, 0.4) is 0 Å². The summed E-state index contributed by atoms with van der Waals surface area (Å²) in [5, 5.41) is 2.92. The second kappa shape index (κ2) is 7.49. The SMILES string of the molecule is O=C(NC=C1CCCCC1)N1CCN(c2ccccc2F)CC1. The van der Waals surface area contributed by atoms with Crippen LogP contribution >= 0.6 is 0 Å². The Labute approximate surface area is 137 Å². The molecular formula is C18H24FN3O. The Balaban J connectivity index is 1.50. The average molecular weight is 317 g/mol. The molecule has 0 spiro atoms. The van der Waals surface area contributed by atoms with Crippen molar-refractivity contribution >= 4 is 11.7 Å². The van der Waals surface area contributed by atoms with E-state index in [2.05, 4.69) is 5.32 Å². The quantitative estimate of drug-likeness (QED) is 0.906. The van der Waals surface area contributed by atoms with E-state index in [0.29, 0.717) is 31.9 Å². The molecule has 0 atom stereocenters. The predicted octanol–water partition coefficient (Wildman–Crippen LogP) is 3.51. The number of hydrogen-bond acceptors (Lipinski definition) is 2. The van der Waals surface area contributed by atoms with E-state index in [1.54, 1.807) is 17.0 Å². The van der Waals surface area contributed by atoms with Gasteiger partial charge in [0.15, 0.2) is 0 Å². The van der Waals surface area contributed by atoms with Crippen LogP contribution in [0.1, 0.15) is 32.1 Å². The molecule has 1 heterocycles. The maximum absolute atomic E-state index is 13.8. The van der Waals surface area contributed by atoms with Gasteiger partial charge in [0.25, 0.3) is 0 Å². The summed E-state index contributed by atoms with van der Waals surface area (Å²) in [6.45, 7) is 2.54. The van der Waals surface area contributed by atoms with E-state index in [4.69, 9.17) is 0 Å². The molecule has 23 heavy (non-hydrogen) atoms. The van der Waals surface area contributed by atoms with Gasteiger partial charge in [0, 0.05) is 32.4 Å². The summed E-state index contributed by atoms with van der Waals surface area (Å²) in [6, 6.07) is 6.76. The van der Waals surface area contributed by atoms with Gasteiger partial charge in [-0.15, -0.1) is 0 Å². The van der Waals surface area contributed by atoms with E-state index in [9.17, 15) is 9.18 Å². The molecule has 1 saturated carbocycles. The van der Waals surface area contributed by atoms with E-state index in [-0.39, 0.29) is 11.8 Å². The van der Waals surface area contributed by atoms with Gasteiger partial charge in [-0.05, 0) is 37.8 Å². The molecule has 1 aromatic rings. The Hall–Kier alpha value is -2.04. The minimum Gasteiger partial charge on any atom is -0.366 e. The van der Waals surface area contributed by atoms with Crippen molar-refractivity contribution in [1.29, 1.82) is 0 Å². The molecule has 4 nitrogen and oxygen atoms in total. The second-order valence-corrected chi connectivity index (χ2v) is 6.24. The van der Waals surface area contributed by atoms with Crippen molar-refractivity contribution in [3.05, 3.63) is 41.9 Å². The summed E-state index contributed by atoms with van der Waals surface area (Å²) in [5.74, 6) is -0.201. The first-order valence-corrected chi connectivity index (χ1v) is 8.47. The molecule has 0 bridgehead atoms. The van der Waals surface area contributed by atoms with Crippen molar-refractivity contribution in [2.24, 2.45) is 0 Å². The van der Waals surface area contributed by atoms with Crippen molar-refractivity contribution in [2.75, 3.05) is 31.1 Å². The Bertz CT molecular complexity index is 571. The van der Waals surface area contributed by atoms with Crippen LogP contribution in [0.5, 0.6) is 0 Å². The minimum atomic E-state index is -0.201. The average Bonchev–Trinajstić information content (AvgIpc) is 2.61. The largest absolute Gasteiger partial charge is 0.366 e. The molecule has 1 N–H and O–H groups in total. The van der Waals surface area contributed by atoms with Gasteiger partial charge in [-0.25, -0.2) is 9.18 Å². The number of allylic oxidation sites excluding steroid dienone is 1. The van der Waals surface area contributed by atoms with Crippen molar-refractivity contribution in [2.45, 2.75) is 32.1 Å². The normalized spacial score (nSPS) is 18.7. The van der Waals surface area contributed by atoms with Crippen LogP contribution in [-0.4, -0.2) is 37.1 Å². The molecule has 0 unspecified atom stereocenters. The van der Waals surface area contributed by atoms with Gasteiger partial charge < -0.3 is 15.1 Å². The Kier molecular flexibility index (Phi) is 5.16. The van der Waals surface area contributed by atoms with Crippen molar-refractivity contribution in [3.63, 3.8) is 0 Å². The first kappa shape index (κ1) is 15.8. The Morgan fingerprint density at radius 3 is 2.43 bits per heavy atom. The predicted molar refractivity (Wildman–Crippen MR) is 89.9 cm³/mol. The van der Waals surface area contributed by atoms with Gasteiger partial charge in [0.05, 0.1) is 5.69 Å². The molecule has 3 rings (SSSR count). The maximum Gasteiger partial charge on any atom is 0.321 e. The minimum absolute atomic E-state index is 0.0451. The molecule has 124 valence electrons. The highest BCUT2D eigenvalue weighted by atomic mass is 19.1. The summed E-state index contributed by atoms with van der Waals surface area (Å²) < 4.78 is 13.8. The van der Waals surface area contributed by atoms with Crippen LogP contribution in [0.2, 0.25) is 0 Å². The van der Waals surface area contributed by atoms with Crippen molar-refractivity contribution in [1.82, 2.24) is 10.2 Å². The van der Waals surface area contributed by atoms with Gasteiger partial charge in [-0.3, -0.25) is 0 Å². The van der Waals surface area contributed by atoms with Crippen LogP contribution in [0, 0.1) is 5.82 Å². The van der Waals surface area contributed by atoms with Crippen LogP contribution < -0.4 is 10.2 Å². The van der Waals surface area contributed by atoms with E-state index in [1.807, 2.05) is 17.2 Å².